The Kier molecular flexibility index (Phi) is 4.96. The second-order valence-electron chi connectivity index (χ2n) is 4.83. The fraction of sp³-hybridized carbons (Fsp3) is 0.200. The van der Waals surface area contributed by atoms with Crippen molar-refractivity contribution < 1.29 is 8.42 Å². The van der Waals surface area contributed by atoms with Crippen LogP contribution < -0.4 is 5.32 Å². The van der Waals surface area contributed by atoms with Crippen LogP contribution in [0.4, 0.5) is 5.69 Å². The Morgan fingerprint density at radius 2 is 1.76 bits per heavy atom. The molecule has 2 aromatic carbocycles. The van der Waals surface area contributed by atoms with Gasteiger partial charge in [0, 0.05) is 27.5 Å². The maximum Gasteiger partial charge on any atom is 0.175 e. The molecular formula is C15H15BrClNO2S. The van der Waals surface area contributed by atoms with E-state index in [0.717, 1.165) is 15.7 Å². The molecule has 0 radical (unpaired) electrons. The summed E-state index contributed by atoms with van der Waals surface area (Å²) >= 11 is 9.38. The lowest BCUT2D eigenvalue weighted by molar-refractivity contribution is 0.602. The summed E-state index contributed by atoms with van der Waals surface area (Å²) in [7, 11) is -3.16. The summed E-state index contributed by atoms with van der Waals surface area (Å²) in [5.74, 6) is 0. The lowest BCUT2D eigenvalue weighted by atomic mass is 10.1. The van der Waals surface area contributed by atoms with E-state index >= 15 is 0 Å². The lowest BCUT2D eigenvalue weighted by Gasteiger charge is -2.17. The minimum atomic E-state index is -3.16. The summed E-state index contributed by atoms with van der Waals surface area (Å²) in [5.41, 5.74) is 1.93. The monoisotopic (exact) mass is 387 g/mol. The summed E-state index contributed by atoms with van der Waals surface area (Å²) in [5, 5.41) is 4.02. The quantitative estimate of drug-likeness (QED) is 0.827. The van der Waals surface area contributed by atoms with Gasteiger partial charge in [-0.25, -0.2) is 8.42 Å². The second kappa shape index (κ2) is 6.38. The predicted molar refractivity (Wildman–Crippen MR) is 90.7 cm³/mol. The molecule has 0 spiro atoms. The van der Waals surface area contributed by atoms with Crippen LogP contribution in [-0.4, -0.2) is 14.7 Å². The molecule has 0 fully saturated rings. The molecule has 0 amide bonds. The van der Waals surface area contributed by atoms with E-state index in [9.17, 15) is 8.42 Å². The molecule has 1 unspecified atom stereocenters. The molecule has 0 heterocycles. The molecule has 21 heavy (non-hydrogen) atoms. The van der Waals surface area contributed by atoms with Gasteiger partial charge in [0.2, 0.25) is 0 Å². The Labute approximate surface area is 138 Å². The van der Waals surface area contributed by atoms with Crippen molar-refractivity contribution >= 4 is 43.1 Å². The van der Waals surface area contributed by atoms with Crippen molar-refractivity contribution in [1.82, 2.24) is 0 Å². The Morgan fingerprint density at radius 1 is 1.14 bits per heavy atom. The first-order chi connectivity index (χ1) is 9.77. The highest BCUT2D eigenvalue weighted by Gasteiger charge is 2.10. The van der Waals surface area contributed by atoms with Gasteiger partial charge in [-0.2, -0.15) is 0 Å². The Balaban J connectivity index is 2.18. The maximum absolute atomic E-state index is 11.4. The van der Waals surface area contributed by atoms with E-state index < -0.39 is 9.84 Å². The van der Waals surface area contributed by atoms with Gasteiger partial charge in [0.05, 0.1) is 4.90 Å². The minimum Gasteiger partial charge on any atom is -0.378 e. The zero-order chi connectivity index (χ0) is 15.6. The summed E-state index contributed by atoms with van der Waals surface area (Å²) < 4.78 is 23.8. The number of benzene rings is 2. The molecule has 6 heteroatoms. The van der Waals surface area contributed by atoms with E-state index in [-0.39, 0.29) is 6.04 Å². The van der Waals surface area contributed by atoms with E-state index in [0.29, 0.717) is 9.92 Å². The number of hydrogen-bond acceptors (Lipinski definition) is 3. The zero-order valence-electron chi connectivity index (χ0n) is 11.6. The maximum atomic E-state index is 11.4. The predicted octanol–water partition coefficient (Wildman–Crippen LogP) is 4.68. The third kappa shape index (κ3) is 4.22. The Hall–Kier alpha value is -1.04. The summed E-state index contributed by atoms with van der Waals surface area (Å²) in [6.07, 6.45) is 1.20. The topological polar surface area (TPSA) is 46.2 Å². The standard InChI is InChI=1S/C15H15BrClNO2S/c1-10(18-15-8-5-12(17)9-14(15)16)11-3-6-13(7-4-11)21(2,19)20/h3-10,18H,1-2H3. The molecule has 2 rings (SSSR count). The molecule has 1 N–H and O–H groups in total. The second-order valence-corrected chi connectivity index (χ2v) is 8.14. The van der Waals surface area contributed by atoms with Crippen molar-refractivity contribution in [3.63, 3.8) is 0 Å². The van der Waals surface area contributed by atoms with Crippen LogP contribution in [0.1, 0.15) is 18.5 Å². The molecule has 2 aromatic rings. The van der Waals surface area contributed by atoms with E-state index in [1.165, 1.54) is 6.26 Å². The first-order valence-corrected chi connectivity index (χ1v) is 9.35. The fourth-order valence-corrected chi connectivity index (χ4v) is 3.35. The van der Waals surface area contributed by atoms with Crippen molar-refractivity contribution in [2.45, 2.75) is 17.9 Å². The minimum absolute atomic E-state index is 0.0380. The first kappa shape index (κ1) is 16.3. The number of sulfone groups is 1. The van der Waals surface area contributed by atoms with Crippen LogP contribution in [0.25, 0.3) is 0 Å². The number of nitrogens with one attached hydrogen (secondary N) is 1. The van der Waals surface area contributed by atoms with Crippen molar-refractivity contribution in [1.29, 1.82) is 0 Å². The van der Waals surface area contributed by atoms with Crippen LogP contribution in [0.15, 0.2) is 51.8 Å². The van der Waals surface area contributed by atoms with Crippen molar-refractivity contribution in [2.75, 3.05) is 11.6 Å². The summed E-state index contributed by atoms with van der Waals surface area (Å²) in [6.45, 7) is 2.01. The SMILES string of the molecule is CC(Nc1ccc(Cl)cc1Br)c1ccc(S(C)(=O)=O)cc1. The van der Waals surface area contributed by atoms with E-state index in [1.54, 1.807) is 12.1 Å². The highest BCUT2D eigenvalue weighted by Crippen LogP contribution is 2.29. The van der Waals surface area contributed by atoms with Gasteiger partial charge < -0.3 is 5.32 Å². The molecular weight excluding hydrogens is 374 g/mol. The largest absolute Gasteiger partial charge is 0.378 e. The van der Waals surface area contributed by atoms with E-state index in [1.807, 2.05) is 37.3 Å². The molecule has 0 aliphatic heterocycles. The van der Waals surface area contributed by atoms with Crippen molar-refractivity contribution in [3.8, 4) is 0 Å². The van der Waals surface area contributed by atoms with Gasteiger partial charge >= 0.3 is 0 Å². The molecule has 0 aliphatic rings. The normalized spacial score (nSPS) is 13.0. The number of hydrogen-bond donors (Lipinski definition) is 1. The van der Waals surface area contributed by atoms with Gasteiger partial charge in [-0.1, -0.05) is 23.7 Å². The zero-order valence-corrected chi connectivity index (χ0v) is 14.8. The fourth-order valence-electron chi connectivity index (χ4n) is 1.93. The molecule has 112 valence electrons. The molecule has 1 atom stereocenters. The van der Waals surface area contributed by atoms with Crippen LogP contribution in [0.2, 0.25) is 5.02 Å². The third-order valence-corrected chi connectivity index (χ3v) is 5.13. The third-order valence-electron chi connectivity index (χ3n) is 3.11. The average Bonchev–Trinajstić information content (AvgIpc) is 2.41. The number of rotatable bonds is 4. The van der Waals surface area contributed by atoms with Gasteiger partial charge in [0.1, 0.15) is 0 Å². The molecule has 0 saturated heterocycles. The van der Waals surface area contributed by atoms with Gasteiger partial charge in [-0.15, -0.1) is 0 Å². The molecule has 0 aliphatic carbocycles. The van der Waals surface area contributed by atoms with Gasteiger partial charge in [-0.05, 0) is 58.7 Å². The molecule has 0 aromatic heterocycles. The van der Waals surface area contributed by atoms with Crippen LogP contribution >= 0.6 is 27.5 Å². The molecule has 3 nitrogen and oxygen atoms in total. The Morgan fingerprint density at radius 3 is 2.29 bits per heavy atom. The van der Waals surface area contributed by atoms with Crippen LogP contribution in [0.3, 0.4) is 0 Å². The van der Waals surface area contributed by atoms with Gasteiger partial charge in [0.15, 0.2) is 9.84 Å². The summed E-state index contributed by atoms with van der Waals surface area (Å²) in [4.78, 5) is 0.325. The molecule has 0 saturated carbocycles. The lowest BCUT2D eigenvalue weighted by Crippen LogP contribution is -2.07. The number of anilines is 1. The van der Waals surface area contributed by atoms with Gasteiger partial charge in [0.25, 0.3) is 0 Å². The van der Waals surface area contributed by atoms with Crippen LogP contribution in [0, 0.1) is 0 Å². The number of halogens is 2. The first-order valence-electron chi connectivity index (χ1n) is 6.29. The Bertz CT molecular complexity index is 745. The van der Waals surface area contributed by atoms with Crippen LogP contribution in [0.5, 0.6) is 0 Å². The summed E-state index contributed by atoms with van der Waals surface area (Å²) in [6, 6.07) is 12.5. The van der Waals surface area contributed by atoms with E-state index in [4.69, 9.17) is 11.6 Å². The average molecular weight is 389 g/mol. The smallest absolute Gasteiger partial charge is 0.175 e. The highest BCUT2D eigenvalue weighted by molar-refractivity contribution is 9.10. The van der Waals surface area contributed by atoms with Crippen LogP contribution in [-0.2, 0) is 9.84 Å². The van der Waals surface area contributed by atoms with Crippen molar-refractivity contribution in [3.05, 3.63) is 57.5 Å². The van der Waals surface area contributed by atoms with Gasteiger partial charge in [-0.3, -0.25) is 0 Å². The highest BCUT2D eigenvalue weighted by atomic mass is 79.9. The molecule has 0 bridgehead atoms. The van der Waals surface area contributed by atoms with Crippen molar-refractivity contribution in [2.24, 2.45) is 0 Å². The van der Waals surface area contributed by atoms with E-state index in [2.05, 4.69) is 21.2 Å².